The summed E-state index contributed by atoms with van der Waals surface area (Å²) in [6.45, 7) is 0.365. The van der Waals surface area contributed by atoms with E-state index in [2.05, 4.69) is 12.2 Å². The van der Waals surface area contributed by atoms with E-state index in [4.69, 9.17) is 9.66 Å². The summed E-state index contributed by atoms with van der Waals surface area (Å²) in [6, 6.07) is 4.57. The first kappa shape index (κ1) is 17.3. The van der Waals surface area contributed by atoms with Gasteiger partial charge in [-0.15, -0.1) is 0 Å². The quantitative estimate of drug-likeness (QED) is 0.382. The van der Waals surface area contributed by atoms with E-state index < -0.39 is 25.6 Å². The largest absolute Gasteiger partial charge is 0.396 e. The molecule has 7 nitrogen and oxygen atoms in total. The summed E-state index contributed by atoms with van der Waals surface area (Å²) in [6.07, 6.45) is 7.76. The number of aliphatic hydroxyl groups is 1. The third kappa shape index (κ3) is 5.62. The zero-order valence-corrected chi connectivity index (χ0v) is 12.1. The van der Waals surface area contributed by atoms with Gasteiger partial charge in [0.1, 0.15) is 0 Å². The molecule has 0 saturated heterocycles. The van der Waals surface area contributed by atoms with Gasteiger partial charge in [0.25, 0.3) is 5.69 Å². The monoisotopic (exact) mass is 315 g/mol. The normalized spacial score (nSPS) is 17.7. The number of rotatable bonds is 3. The second-order valence-electron chi connectivity index (χ2n) is 4.53. The fourth-order valence-electron chi connectivity index (χ4n) is 1.85. The third-order valence-corrected chi connectivity index (χ3v) is 3.88. The molecule has 0 bridgehead atoms. The van der Waals surface area contributed by atoms with Crippen molar-refractivity contribution in [1.82, 2.24) is 0 Å². The summed E-state index contributed by atoms with van der Waals surface area (Å²) in [5.74, 6) is 0.556. The maximum absolute atomic E-state index is 10.6. The smallest absolute Gasteiger partial charge is 0.301 e. The summed E-state index contributed by atoms with van der Waals surface area (Å²) >= 11 is 0. The van der Waals surface area contributed by atoms with Crippen molar-refractivity contribution in [2.75, 3.05) is 6.61 Å². The lowest BCUT2D eigenvalue weighted by atomic mass is 9.96. The minimum atomic E-state index is -4.52. The lowest BCUT2D eigenvalue weighted by Crippen LogP contribution is -2.06. The molecule has 0 spiro atoms. The maximum atomic E-state index is 10.6. The van der Waals surface area contributed by atoms with Crippen LogP contribution in [0.5, 0.6) is 0 Å². The number of para-hydroxylation sites is 1. The van der Waals surface area contributed by atoms with Crippen molar-refractivity contribution in [3.8, 4) is 0 Å². The minimum absolute atomic E-state index is 0.365. The number of allylic oxidation sites excluding steroid dienone is 2. The summed E-state index contributed by atoms with van der Waals surface area (Å²) in [5, 5.41) is 19.0. The maximum Gasteiger partial charge on any atom is 0.301 e. The summed E-state index contributed by atoms with van der Waals surface area (Å²) in [7, 11) is -4.52. The van der Waals surface area contributed by atoms with Crippen LogP contribution >= 0.6 is 0 Å². The summed E-state index contributed by atoms with van der Waals surface area (Å²) in [4.78, 5) is 8.73. The molecule has 0 aliphatic heterocycles. The zero-order chi connectivity index (χ0) is 15.9. The molecular formula is C13H17NO6S. The lowest BCUT2D eigenvalue weighted by Gasteiger charge is -2.13. The number of benzene rings is 1. The van der Waals surface area contributed by atoms with Crippen LogP contribution in [0, 0.1) is 16.0 Å². The highest BCUT2D eigenvalue weighted by molar-refractivity contribution is 7.86. The first-order chi connectivity index (χ1) is 9.86. The molecule has 1 atom stereocenters. The molecule has 0 heterocycles. The number of hydrogen-bond acceptors (Lipinski definition) is 5. The SMILES string of the molecule is O=[N+]([O-])c1ccccc1S(=O)(=O)O.OCC1CC=CCC1. The lowest BCUT2D eigenvalue weighted by molar-refractivity contribution is -0.387. The molecule has 0 radical (unpaired) electrons. The molecular weight excluding hydrogens is 298 g/mol. The number of hydrogen-bond donors (Lipinski definition) is 2. The van der Waals surface area contributed by atoms with Crippen LogP contribution in [-0.4, -0.2) is 29.6 Å². The molecule has 1 unspecified atom stereocenters. The molecule has 0 fully saturated rings. The van der Waals surface area contributed by atoms with Crippen LogP contribution < -0.4 is 0 Å². The van der Waals surface area contributed by atoms with Gasteiger partial charge in [0.2, 0.25) is 0 Å². The summed E-state index contributed by atoms with van der Waals surface area (Å²) in [5.41, 5.74) is -0.634. The third-order valence-electron chi connectivity index (χ3n) is 2.98. The number of aliphatic hydroxyl groups excluding tert-OH is 1. The molecule has 0 saturated carbocycles. The van der Waals surface area contributed by atoms with Gasteiger partial charge in [-0.25, -0.2) is 0 Å². The highest BCUT2D eigenvalue weighted by Crippen LogP contribution is 2.22. The van der Waals surface area contributed by atoms with E-state index >= 15 is 0 Å². The summed E-state index contributed by atoms with van der Waals surface area (Å²) < 4.78 is 29.8. The van der Waals surface area contributed by atoms with E-state index in [1.807, 2.05) is 0 Å². The predicted molar refractivity (Wildman–Crippen MR) is 76.5 cm³/mol. The van der Waals surface area contributed by atoms with Crippen LogP contribution in [0.25, 0.3) is 0 Å². The Bertz CT molecular complexity index is 611. The Hall–Kier alpha value is -1.77. The van der Waals surface area contributed by atoms with Crippen molar-refractivity contribution in [1.29, 1.82) is 0 Å². The first-order valence-electron chi connectivity index (χ1n) is 6.33. The van der Waals surface area contributed by atoms with Gasteiger partial charge in [0.15, 0.2) is 4.90 Å². The zero-order valence-electron chi connectivity index (χ0n) is 11.3. The van der Waals surface area contributed by atoms with Crippen LogP contribution in [-0.2, 0) is 10.1 Å². The fourth-order valence-corrected chi connectivity index (χ4v) is 2.51. The van der Waals surface area contributed by atoms with Crippen molar-refractivity contribution in [3.63, 3.8) is 0 Å². The topological polar surface area (TPSA) is 118 Å². The minimum Gasteiger partial charge on any atom is -0.396 e. The van der Waals surface area contributed by atoms with E-state index in [1.54, 1.807) is 0 Å². The van der Waals surface area contributed by atoms with E-state index in [9.17, 15) is 18.5 Å². The molecule has 116 valence electrons. The Morgan fingerprint density at radius 3 is 2.33 bits per heavy atom. The second kappa shape index (κ2) is 7.87. The fraction of sp³-hybridized carbons (Fsp3) is 0.385. The van der Waals surface area contributed by atoms with Gasteiger partial charge in [-0.2, -0.15) is 8.42 Å². The number of nitrogens with zero attached hydrogens (tertiary/aromatic N) is 1. The Balaban J connectivity index is 0.000000235. The van der Waals surface area contributed by atoms with Crippen LogP contribution in [0.15, 0.2) is 41.3 Å². The van der Waals surface area contributed by atoms with Crippen molar-refractivity contribution in [2.45, 2.75) is 24.2 Å². The van der Waals surface area contributed by atoms with Crippen LogP contribution in [0.4, 0.5) is 5.69 Å². The van der Waals surface area contributed by atoms with E-state index in [0.717, 1.165) is 25.0 Å². The number of nitro benzene ring substituents is 1. The Morgan fingerprint density at radius 1 is 1.29 bits per heavy atom. The van der Waals surface area contributed by atoms with Crippen LogP contribution in [0.3, 0.4) is 0 Å². The highest BCUT2D eigenvalue weighted by atomic mass is 32.2. The van der Waals surface area contributed by atoms with Crippen molar-refractivity contribution in [3.05, 3.63) is 46.5 Å². The molecule has 1 aromatic carbocycles. The van der Waals surface area contributed by atoms with E-state index in [0.29, 0.717) is 12.5 Å². The molecule has 0 amide bonds. The van der Waals surface area contributed by atoms with Gasteiger partial charge < -0.3 is 5.11 Å². The Kier molecular flexibility index (Phi) is 6.47. The van der Waals surface area contributed by atoms with Crippen molar-refractivity contribution < 1.29 is 23.0 Å². The van der Waals surface area contributed by atoms with Crippen molar-refractivity contribution in [2.24, 2.45) is 5.92 Å². The highest BCUT2D eigenvalue weighted by Gasteiger charge is 2.22. The van der Waals surface area contributed by atoms with Gasteiger partial charge in [0, 0.05) is 12.7 Å². The van der Waals surface area contributed by atoms with Gasteiger partial charge in [-0.05, 0) is 31.2 Å². The molecule has 8 heteroatoms. The average Bonchev–Trinajstić information content (AvgIpc) is 2.48. The Morgan fingerprint density at radius 2 is 1.95 bits per heavy atom. The molecule has 2 rings (SSSR count). The average molecular weight is 315 g/mol. The molecule has 1 aromatic rings. The molecule has 1 aliphatic rings. The van der Waals surface area contributed by atoms with Crippen LogP contribution in [0.1, 0.15) is 19.3 Å². The molecule has 2 N–H and O–H groups in total. The van der Waals surface area contributed by atoms with Gasteiger partial charge in [-0.1, -0.05) is 24.3 Å². The molecule has 1 aliphatic carbocycles. The number of nitro groups is 1. The Labute approximate surface area is 122 Å². The second-order valence-corrected chi connectivity index (χ2v) is 5.92. The van der Waals surface area contributed by atoms with E-state index in [-0.39, 0.29) is 0 Å². The van der Waals surface area contributed by atoms with E-state index in [1.165, 1.54) is 18.6 Å². The first-order valence-corrected chi connectivity index (χ1v) is 7.77. The van der Waals surface area contributed by atoms with Crippen LogP contribution in [0.2, 0.25) is 0 Å². The van der Waals surface area contributed by atoms with Crippen molar-refractivity contribution >= 4 is 15.8 Å². The van der Waals surface area contributed by atoms with Gasteiger partial charge in [-0.3, -0.25) is 14.7 Å². The standard InChI is InChI=1S/C7H12O.C6H5NO5S/c8-6-7-4-2-1-3-5-7;8-7(9)5-3-1-2-4-6(5)13(10,11)12/h1-2,7-8H,3-6H2;1-4H,(H,10,11,12). The molecule has 0 aromatic heterocycles. The predicted octanol–water partition coefficient (Wildman–Crippen LogP) is 2.18. The molecule has 21 heavy (non-hydrogen) atoms. The van der Waals surface area contributed by atoms with Gasteiger partial charge >= 0.3 is 10.1 Å². The van der Waals surface area contributed by atoms with Gasteiger partial charge in [0.05, 0.1) is 4.92 Å².